The van der Waals surface area contributed by atoms with E-state index in [1.807, 2.05) is 0 Å². The van der Waals surface area contributed by atoms with E-state index in [2.05, 4.69) is 10.3 Å². The van der Waals surface area contributed by atoms with Crippen molar-refractivity contribution in [1.82, 2.24) is 4.98 Å². The van der Waals surface area contributed by atoms with Gasteiger partial charge in [0.1, 0.15) is 0 Å². The number of hydrogen-bond acceptors (Lipinski definition) is 4. The molecule has 0 atom stereocenters. The van der Waals surface area contributed by atoms with Crippen molar-refractivity contribution in [1.29, 1.82) is 0 Å². The largest absolute Gasteiger partial charge is 0.478 e. The van der Waals surface area contributed by atoms with Crippen molar-refractivity contribution in [3.05, 3.63) is 52.3 Å². The van der Waals surface area contributed by atoms with Gasteiger partial charge in [-0.05, 0) is 23.8 Å². The Kier molecular flexibility index (Phi) is 3.02. The van der Waals surface area contributed by atoms with E-state index in [0.717, 1.165) is 5.56 Å². The third-order valence-electron chi connectivity index (χ3n) is 4.17. The van der Waals surface area contributed by atoms with E-state index in [-0.39, 0.29) is 17.4 Å². The molecule has 7 nitrogen and oxygen atoms in total. The molecule has 0 bridgehead atoms. The first-order valence-electron chi connectivity index (χ1n) is 7.33. The summed E-state index contributed by atoms with van der Waals surface area (Å²) >= 11 is 0. The zero-order valence-electron chi connectivity index (χ0n) is 12.4. The van der Waals surface area contributed by atoms with Gasteiger partial charge in [-0.15, -0.1) is 0 Å². The van der Waals surface area contributed by atoms with Crippen molar-refractivity contribution in [3.8, 4) is 0 Å². The van der Waals surface area contributed by atoms with Crippen LogP contribution in [-0.4, -0.2) is 34.5 Å². The van der Waals surface area contributed by atoms with Gasteiger partial charge < -0.3 is 20.1 Å². The minimum absolute atomic E-state index is 0.107. The molecule has 120 valence electrons. The lowest BCUT2D eigenvalue weighted by molar-refractivity contribution is -0.110. The SMILES string of the molecule is O=C1Nc2cc(C(=O)O)ccc2C1=Cc1[nH]cc2c1CCOC2=O. The highest BCUT2D eigenvalue weighted by Gasteiger charge is 2.27. The number of carboxylic acids is 1. The Morgan fingerprint density at radius 3 is 2.88 bits per heavy atom. The molecule has 0 unspecified atom stereocenters. The summed E-state index contributed by atoms with van der Waals surface area (Å²) in [6.45, 7) is 0.310. The molecule has 1 aromatic heterocycles. The van der Waals surface area contributed by atoms with Crippen LogP contribution in [0.4, 0.5) is 5.69 Å². The highest BCUT2D eigenvalue weighted by molar-refractivity contribution is 6.35. The molecular formula is C17H12N2O5. The predicted octanol–water partition coefficient (Wildman–Crippen LogP) is 1.92. The number of hydrogen-bond donors (Lipinski definition) is 3. The molecular weight excluding hydrogens is 312 g/mol. The number of aromatic amines is 1. The average Bonchev–Trinajstić information content (AvgIpc) is 3.10. The van der Waals surface area contributed by atoms with Gasteiger partial charge in [-0.2, -0.15) is 0 Å². The summed E-state index contributed by atoms with van der Waals surface area (Å²) in [6, 6.07) is 4.49. The molecule has 3 heterocycles. The van der Waals surface area contributed by atoms with Crippen LogP contribution in [0, 0.1) is 0 Å². The van der Waals surface area contributed by atoms with Gasteiger partial charge in [0.15, 0.2) is 0 Å². The first kappa shape index (κ1) is 14.3. The number of carboxylic acid groups (broad SMARTS) is 1. The van der Waals surface area contributed by atoms with Crippen LogP contribution >= 0.6 is 0 Å². The van der Waals surface area contributed by atoms with Gasteiger partial charge in [0.2, 0.25) is 0 Å². The van der Waals surface area contributed by atoms with Crippen LogP contribution in [-0.2, 0) is 16.0 Å². The second kappa shape index (κ2) is 5.09. The van der Waals surface area contributed by atoms with Crippen LogP contribution in [0.1, 0.15) is 37.5 Å². The number of anilines is 1. The first-order valence-corrected chi connectivity index (χ1v) is 7.33. The summed E-state index contributed by atoms with van der Waals surface area (Å²) in [4.78, 5) is 38.0. The van der Waals surface area contributed by atoms with E-state index >= 15 is 0 Å². The van der Waals surface area contributed by atoms with Crippen LogP contribution in [0.5, 0.6) is 0 Å². The average molecular weight is 324 g/mol. The fourth-order valence-corrected chi connectivity index (χ4v) is 2.99. The number of cyclic esters (lactones) is 1. The number of aromatic carboxylic acids is 1. The third-order valence-corrected chi connectivity index (χ3v) is 4.17. The van der Waals surface area contributed by atoms with Crippen LogP contribution in [0.15, 0.2) is 24.4 Å². The van der Waals surface area contributed by atoms with Gasteiger partial charge in [0.05, 0.1) is 23.3 Å². The fourth-order valence-electron chi connectivity index (χ4n) is 2.99. The van der Waals surface area contributed by atoms with Gasteiger partial charge in [0, 0.05) is 29.6 Å². The number of benzene rings is 1. The number of carbonyl (C=O) groups is 3. The van der Waals surface area contributed by atoms with Gasteiger partial charge in [-0.25, -0.2) is 9.59 Å². The lowest BCUT2D eigenvalue weighted by Gasteiger charge is -2.12. The van der Waals surface area contributed by atoms with Crippen molar-refractivity contribution in [2.75, 3.05) is 11.9 Å². The summed E-state index contributed by atoms with van der Waals surface area (Å²) in [7, 11) is 0. The Morgan fingerprint density at radius 1 is 1.25 bits per heavy atom. The molecule has 2 aliphatic rings. The van der Waals surface area contributed by atoms with Crippen LogP contribution in [0.2, 0.25) is 0 Å². The highest BCUT2D eigenvalue weighted by Crippen LogP contribution is 2.34. The second-order valence-corrected chi connectivity index (χ2v) is 5.56. The summed E-state index contributed by atoms with van der Waals surface area (Å²) < 4.78 is 4.99. The quantitative estimate of drug-likeness (QED) is 0.578. The molecule has 1 amide bonds. The lowest BCUT2D eigenvalue weighted by atomic mass is 10.0. The monoisotopic (exact) mass is 324 g/mol. The number of rotatable bonds is 2. The Morgan fingerprint density at radius 2 is 2.08 bits per heavy atom. The van der Waals surface area contributed by atoms with E-state index < -0.39 is 5.97 Å². The van der Waals surface area contributed by atoms with Gasteiger partial charge >= 0.3 is 11.9 Å². The smallest absolute Gasteiger partial charge is 0.339 e. The molecule has 0 radical (unpaired) electrons. The standard InChI is InChI=1S/C17H12N2O5/c20-15-11(9-2-1-8(16(21)22)5-14(9)19-15)6-13-10-3-4-24-17(23)12(10)7-18-13/h1-2,5-7,18H,3-4H2,(H,19,20)(H,21,22). The number of H-pyrrole nitrogens is 1. The van der Waals surface area contributed by atoms with E-state index in [1.165, 1.54) is 12.1 Å². The van der Waals surface area contributed by atoms with Gasteiger partial charge in [-0.1, -0.05) is 6.07 Å². The van der Waals surface area contributed by atoms with E-state index in [4.69, 9.17) is 9.84 Å². The van der Waals surface area contributed by atoms with Crippen molar-refractivity contribution in [2.45, 2.75) is 6.42 Å². The number of carbonyl (C=O) groups excluding carboxylic acids is 2. The van der Waals surface area contributed by atoms with Crippen molar-refractivity contribution in [2.24, 2.45) is 0 Å². The fraction of sp³-hybridized carbons (Fsp3) is 0.118. The maximum atomic E-state index is 12.2. The van der Waals surface area contributed by atoms with Gasteiger partial charge in [0.25, 0.3) is 5.91 Å². The minimum Gasteiger partial charge on any atom is -0.478 e. The number of ether oxygens (including phenoxy) is 1. The Hall–Kier alpha value is -3.35. The molecule has 2 aliphatic heterocycles. The van der Waals surface area contributed by atoms with Crippen LogP contribution in [0.25, 0.3) is 11.6 Å². The molecule has 7 heteroatoms. The summed E-state index contributed by atoms with van der Waals surface area (Å²) in [5, 5.41) is 11.7. The summed E-state index contributed by atoms with van der Waals surface area (Å²) in [5.74, 6) is -1.74. The first-order chi connectivity index (χ1) is 11.5. The zero-order chi connectivity index (χ0) is 16.8. The number of aromatic nitrogens is 1. The maximum absolute atomic E-state index is 12.2. The van der Waals surface area contributed by atoms with E-state index in [1.54, 1.807) is 18.3 Å². The Labute approximate surface area is 135 Å². The summed E-state index contributed by atoms with van der Waals surface area (Å²) in [6.07, 6.45) is 3.83. The molecule has 0 spiro atoms. The number of fused-ring (bicyclic) bond motifs is 2. The zero-order valence-corrected chi connectivity index (χ0v) is 12.4. The predicted molar refractivity (Wildman–Crippen MR) is 84.7 cm³/mol. The van der Waals surface area contributed by atoms with Crippen molar-refractivity contribution in [3.63, 3.8) is 0 Å². The second-order valence-electron chi connectivity index (χ2n) is 5.56. The molecule has 1 aromatic carbocycles. The molecule has 0 aliphatic carbocycles. The van der Waals surface area contributed by atoms with E-state index in [0.29, 0.717) is 41.1 Å². The molecule has 4 rings (SSSR count). The molecule has 3 N–H and O–H groups in total. The van der Waals surface area contributed by atoms with Crippen molar-refractivity contribution >= 4 is 35.2 Å². The molecule has 0 fully saturated rings. The maximum Gasteiger partial charge on any atom is 0.339 e. The topological polar surface area (TPSA) is 108 Å². The summed E-state index contributed by atoms with van der Waals surface area (Å²) in [5.41, 5.74) is 3.61. The normalized spacial score (nSPS) is 17.2. The Balaban J connectivity index is 1.79. The van der Waals surface area contributed by atoms with Crippen molar-refractivity contribution < 1.29 is 24.2 Å². The lowest BCUT2D eigenvalue weighted by Crippen LogP contribution is -2.16. The number of nitrogens with one attached hydrogen (secondary N) is 2. The molecule has 0 saturated heterocycles. The Bertz CT molecular complexity index is 938. The van der Waals surface area contributed by atoms with Crippen LogP contribution in [0.3, 0.4) is 0 Å². The number of amides is 1. The van der Waals surface area contributed by atoms with E-state index in [9.17, 15) is 14.4 Å². The molecule has 2 aromatic rings. The van der Waals surface area contributed by atoms with Crippen LogP contribution < -0.4 is 5.32 Å². The molecule has 24 heavy (non-hydrogen) atoms. The molecule has 0 saturated carbocycles. The number of esters is 1. The third kappa shape index (κ3) is 2.10. The highest BCUT2D eigenvalue weighted by atomic mass is 16.5. The van der Waals surface area contributed by atoms with Gasteiger partial charge in [-0.3, -0.25) is 4.79 Å². The minimum atomic E-state index is -1.05.